The summed E-state index contributed by atoms with van der Waals surface area (Å²) in [5.41, 5.74) is 9.44. The number of Topliss-reactive ketones (excluding diaryl/α,β-unsaturated/α-hetero) is 1. The molecule has 1 saturated carbocycles. The van der Waals surface area contributed by atoms with E-state index in [-0.39, 0.29) is 22.0 Å². The van der Waals surface area contributed by atoms with E-state index < -0.39 is 34.8 Å². The van der Waals surface area contributed by atoms with Gasteiger partial charge in [0.15, 0.2) is 0 Å². The van der Waals surface area contributed by atoms with E-state index in [4.69, 9.17) is 11.6 Å². The van der Waals surface area contributed by atoms with Gasteiger partial charge in [0.05, 0.1) is 27.5 Å². The van der Waals surface area contributed by atoms with Gasteiger partial charge < -0.3 is 26.1 Å². The van der Waals surface area contributed by atoms with Gasteiger partial charge in [0.25, 0.3) is 17.6 Å². The molecule has 9 nitrogen and oxygen atoms in total. The van der Waals surface area contributed by atoms with Gasteiger partial charge in [-0.05, 0) is 44.2 Å². The predicted octanol–water partition coefficient (Wildman–Crippen LogP) is 2.21. The second kappa shape index (κ2) is 8.10. The van der Waals surface area contributed by atoms with Crippen molar-refractivity contribution < 1.29 is 23.2 Å². The van der Waals surface area contributed by atoms with E-state index in [0.717, 1.165) is 11.8 Å². The van der Waals surface area contributed by atoms with Gasteiger partial charge in [0.1, 0.15) is 17.3 Å². The van der Waals surface area contributed by atoms with E-state index in [1.54, 1.807) is 17.7 Å². The molecule has 3 heterocycles. The molecule has 0 saturated heterocycles. The Balaban J connectivity index is 1.43. The zero-order valence-corrected chi connectivity index (χ0v) is 18.8. The monoisotopic (exact) mass is 490 g/mol. The number of amides is 2. The van der Waals surface area contributed by atoms with Gasteiger partial charge in [-0.2, -0.15) is 5.53 Å². The van der Waals surface area contributed by atoms with Crippen LogP contribution in [0.2, 0.25) is 5.02 Å². The van der Waals surface area contributed by atoms with Gasteiger partial charge in [-0.15, -0.1) is 0 Å². The Labute approximate surface area is 197 Å². The van der Waals surface area contributed by atoms with Crippen molar-refractivity contribution in [3.63, 3.8) is 0 Å². The molecule has 1 fully saturated rings. The van der Waals surface area contributed by atoms with E-state index in [1.807, 2.05) is 0 Å². The number of hydrazine groups is 2. The number of carbonyl (C=O) groups is 3. The molecule has 12 heteroatoms. The van der Waals surface area contributed by atoms with Crippen LogP contribution in [0.3, 0.4) is 0 Å². The first-order valence-corrected chi connectivity index (χ1v) is 11.1. The highest BCUT2D eigenvalue weighted by atomic mass is 35.5. The summed E-state index contributed by atoms with van der Waals surface area (Å²) < 4.78 is 29.3. The maximum atomic E-state index is 14.2. The van der Waals surface area contributed by atoms with E-state index >= 15 is 0 Å². The first-order chi connectivity index (χ1) is 16.2. The molecule has 178 valence electrons. The number of nitrogens with one attached hydrogen (secondary N) is 5. The summed E-state index contributed by atoms with van der Waals surface area (Å²) in [5.74, 6) is -4.11. The quantitative estimate of drug-likeness (QED) is 0.241. The number of hydrogen-bond donors (Lipinski definition) is 5. The smallest absolute Gasteiger partial charge is 0.293 e. The summed E-state index contributed by atoms with van der Waals surface area (Å²) >= 11 is 5.72. The predicted molar refractivity (Wildman–Crippen MR) is 119 cm³/mol. The lowest BCUT2D eigenvalue weighted by molar-refractivity contribution is -0.117. The zero-order chi connectivity index (χ0) is 24.2. The highest BCUT2D eigenvalue weighted by molar-refractivity contribution is 6.44. The minimum Gasteiger partial charge on any atom is -0.340 e. The molecule has 0 radical (unpaired) electrons. The third-order valence-electron chi connectivity index (χ3n) is 6.42. The fourth-order valence-electron chi connectivity index (χ4n) is 4.59. The second-order valence-corrected chi connectivity index (χ2v) is 8.98. The lowest BCUT2D eigenvalue weighted by Crippen LogP contribution is -2.46. The van der Waals surface area contributed by atoms with Crippen molar-refractivity contribution >= 4 is 34.9 Å². The average molecular weight is 491 g/mol. The number of rotatable bonds is 6. The molecule has 5 rings (SSSR count). The fourth-order valence-corrected chi connectivity index (χ4v) is 4.76. The van der Waals surface area contributed by atoms with Crippen LogP contribution in [0, 0.1) is 18.6 Å². The Morgan fingerprint density at radius 1 is 1.18 bits per heavy atom. The first kappa shape index (κ1) is 22.4. The second-order valence-electron chi connectivity index (χ2n) is 8.57. The van der Waals surface area contributed by atoms with Crippen molar-refractivity contribution in [2.24, 2.45) is 0 Å². The summed E-state index contributed by atoms with van der Waals surface area (Å²) in [5, 5.41) is 4.88. The fraction of sp³-hybridized carbons (Fsp3) is 0.318. The van der Waals surface area contributed by atoms with Crippen LogP contribution in [0.25, 0.3) is 0 Å². The molecule has 0 unspecified atom stereocenters. The maximum Gasteiger partial charge on any atom is 0.293 e. The molecular weight excluding hydrogens is 470 g/mol. The molecule has 0 bridgehead atoms. The van der Waals surface area contributed by atoms with E-state index in [9.17, 15) is 23.2 Å². The van der Waals surface area contributed by atoms with Gasteiger partial charge >= 0.3 is 0 Å². The summed E-state index contributed by atoms with van der Waals surface area (Å²) in [6.07, 6.45) is 4.25. The molecule has 1 aromatic heterocycles. The Hall–Kier alpha value is -3.44. The molecule has 1 aliphatic carbocycles. The number of anilines is 1. The van der Waals surface area contributed by atoms with Crippen molar-refractivity contribution in [1.82, 2.24) is 26.3 Å². The van der Waals surface area contributed by atoms with Gasteiger partial charge in [-0.3, -0.25) is 14.4 Å². The average Bonchev–Trinajstić information content (AvgIpc) is 3.14. The normalized spacial score (nSPS) is 17.4. The highest BCUT2D eigenvalue weighted by Crippen LogP contribution is 2.41. The number of halogens is 3. The minimum absolute atomic E-state index is 0.151. The van der Waals surface area contributed by atoms with Gasteiger partial charge in [0.2, 0.25) is 0 Å². The van der Waals surface area contributed by atoms with Crippen LogP contribution in [-0.4, -0.2) is 27.7 Å². The topological polar surface area (TPSA) is 116 Å². The maximum absolute atomic E-state index is 14.2. The summed E-state index contributed by atoms with van der Waals surface area (Å²) in [6.45, 7) is 2.05. The van der Waals surface area contributed by atoms with Gasteiger partial charge in [-0.1, -0.05) is 11.6 Å². The third kappa shape index (κ3) is 3.61. The largest absolute Gasteiger partial charge is 0.340 e. The van der Waals surface area contributed by atoms with E-state index in [1.165, 1.54) is 0 Å². The van der Waals surface area contributed by atoms with E-state index in [2.05, 4.69) is 27.0 Å². The molecule has 2 aliphatic heterocycles. The lowest BCUT2D eigenvalue weighted by Gasteiger charge is -2.18. The highest BCUT2D eigenvalue weighted by Gasteiger charge is 2.50. The summed E-state index contributed by atoms with van der Waals surface area (Å²) in [4.78, 5) is 39.2. The van der Waals surface area contributed by atoms with Crippen LogP contribution in [0.5, 0.6) is 0 Å². The van der Waals surface area contributed by atoms with Crippen LogP contribution >= 0.6 is 11.6 Å². The van der Waals surface area contributed by atoms with Crippen LogP contribution < -0.4 is 27.0 Å². The molecule has 2 aromatic rings. The first-order valence-electron chi connectivity index (χ1n) is 10.7. The summed E-state index contributed by atoms with van der Waals surface area (Å²) in [7, 11) is 0. The minimum atomic E-state index is -0.981. The van der Waals surface area contributed by atoms with Crippen molar-refractivity contribution in [2.75, 3.05) is 5.32 Å². The Morgan fingerprint density at radius 3 is 2.62 bits per heavy atom. The van der Waals surface area contributed by atoms with Crippen LogP contribution in [-0.2, 0) is 17.8 Å². The summed E-state index contributed by atoms with van der Waals surface area (Å²) in [6, 6.07) is 1.57. The number of ketones is 1. The van der Waals surface area contributed by atoms with Crippen molar-refractivity contribution in [1.29, 1.82) is 0 Å². The molecular formula is C22H21ClF2N6O3. The van der Waals surface area contributed by atoms with Crippen molar-refractivity contribution in [2.45, 2.75) is 44.7 Å². The lowest BCUT2D eigenvalue weighted by atomic mass is 10.0. The van der Waals surface area contributed by atoms with Crippen molar-refractivity contribution in [3.8, 4) is 0 Å². The zero-order valence-electron chi connectivity index (χ0n) is 18.1. The van der Waals surface area contributed by atoms with Gasteiger partial charge in [0, 0.05) is 24.5 Å². The standard InChI is InChI=1S/C22H21ClF2N6O3/c1-10-17(19(32)21(34)28-22(4-5-22)16-9-26-30-29-16)15-3-2-6-31(15)18(10)20(33)27-14-7-11(23)12(24)8-13(14)25/h7-9,26,29-30H,2-6H2,1H3,(H,27,33)(H,28,34). The molecule has 3 aliphatic rings. The molecule has 0 atom stereocenters. The number of nitrogens with zero attached hydrogens (tertiary/aromatic N) is 1. The molecule has 1 aromatic carbocycles. The van der Waals surface area contributed by atoms with Crippen LogP contribution in [0.1, 0.15) is 51.4 Å². The number of aromatic nitrogens is 1. The van der Waals surface area contributed by atoms with Gasteiger partial charge in [-0.25, -0.2) is 8.78 Å². The van der Waals surface area contributed by atoms with E-state index in [0.29, 0.717) is 49.6 Å². The number of carbonyl (C=O) groups excluding carboxylic acids is 3. The molecule has 5 N–H and O–H groups in total. The number of benzene rings is 1. The third-order valence-corrected chi connectivity index (χ3v) is 6.71. The number of hydrogen-bond acceptors (Lipinski definition) is 6. The van der Waals surface area contributed by atoms with Crippen molar-refractivity contribution in [3.05, 3.63) is 63.2 Å². The Morgan fingerprint density at radius 2 is 1.94 bits per heavy atom. The Bertz CT molecular complexity index is 1280. The van der Waals surface area contributed by atoms with Crippen LogP contribution in [0.15, 0.2) is 24.0 Å². The SMILES string of the molecule is Cc1c(C(=O)C(=O)NC2(C3=CNNN3)CC2)c2n(c1C(=O)Nc1cc(Cl)c(F)cc1F)CCC2. The van der Waals surface area contributed by atoms with Crippen LogP contribution in [0.4, 0.5) is 14.5 Å². The number of fused-ring (bicyclic) bond motifs is 1. The molecule has 0 spiro atoms. The Kier molecular flexibility index (Phi) is 5.33. The molecule has 34 heavy (non-hydrogen) atoms. The molecule has 2 amide bonds.